The van der Waals surface area contributed by atoms with Crippen molar-refractivity contribution in [2.75, 3.05) is 32.8 Å². The molecule has 2 fully saturated rings. The zero-order valence-corrected chi connectivity index (χ0v) is 15.3. The van der Waals surface area contributed by atoms with Gasteiger partial charge in [-0.1, -0.05) is 48.5 Å². The van der Waals surface area contributed by atoms with Gasteiger partial charge in [-0.15, -0.1) is 0 Å². The number of carbonyl (C=O) groups is 2. The highest BCUT2D eigenvalue weighted by Crippen LogP contribution is 2.48. The third-order valence-corrected chi connectivity index (χ3v) is 5.38. The number of piperazine rings is 1. The van der Waals surface area contributed by atoms with Crippen molar-refractivity contribution in [2.45, 2.75) is 12.3 Å². The van der Waals surface area contributed by atoms with Crippen LogP contribution in [0.3, 0.4) is 0 Å². The third kappa shape index (κ3) is 4.13. The number of para-hydroxylation sites is 1. The number of rotatable bonds is 5. The van der Waals surface area contributed by atoms with Crippen molar-refractivity contribution in [1.29, 1.82) is 0 Å². The molecule has 1 heterocycles. The zero-order valence-electron chi connectivity index (χ0n) is 15.3. The Kier molecular flexibility index (Phi) is 5.10. The molecule has 2 atom stereocenters. The van der Waals surface area contributed by atoms with E-state index < -0.39 is 0 Å². The normalized spacial score (nSPS) is 21.6. The molecule has 0 radical (unpaired) electrons. The minimum absolute atomic E-state index is 0.0282. The lowest BCUT2D eigenvalue weighted by atomic mass is 10.1. The molecule has 2 aromatic carbocycles. The van der Waals surface area contributed by atoms with Crippen LogP contribution in [0.2, 0.25) is 0 Å². The smallest absolute Gasteiger partial charge is 0.260 e. The Hall–Kier alpha value is -2.82. The second-order valence-corrected chi connectivity index (χ2v) is 7.17. The molecule has 0 bridgehead atoms. The standard InChI is InChI=1S/C22H24N2O3/c25-21(16-27-18-9-5-2-6-10-18)23-11-13-24(14-12-23)22(26)20-15-19(20)17-7-3-1-4-8-17/h1-10,19-20H,11-16H2. The topological polar surface area (TPSA) is 49.9 Å². The molecule has 1 saturated carbocycles. The van der Waals surface area contributed by atoms with Crippen molar-refractivity contribution in [1.82, 2.24) is 9.80 Å². The molecule has 5 nitrogen and oxygen atoms in total. The van der Waals surface area contributed by atoms with E-state index in [-0.39, 0.29) is 24.3 Å². The van der Waals surface area contributed by atoms with Crippen LogP contribution < -0.4 is 4.74 Å². The van der Waals surface area contributed by atoms with E-state index in [0.717, 1.165) is 6.42 Å². The first kappa shape index (κ1) is 17.6. The van der Waals surface area contributed by atoms with Gasteiger partial charge in [-0.3, -0.25) is 9.59 Å². The molecule has 2 unspecified atom stereocenters. The Morgan fingerprint density at radius 1 is 0.852 bits per heavy atom. The maximum atomic E-state index is 12.7. The Balaban J connectivity index is 1.23. The predicted molar refractivity (Wildman–Crippen MR) is 102 cm³/mol. The van der Waals surface area contributed by atoms with Gasteiger partial charge in [0.05, 0.1) is 0 Å². The highest BCUT2D eigenvalue weighted by molar-refractivity contribution is 5.83. The van der Waals surface area contributed by atoms with Gasteiger partial charge in [0.15, 0.2) is 6.61 Å². The van der Waals surface area contributed by atoms with E-state index in [0.29, 0.717) is 37.8 Å². The second kappa shape index (κ2) is 7.82. The van der Waals surface area contributed by atoms with Gasteiger partial charge in [0, 0.05) is 32.1 Å². The van der Waals surface area contributed by atoms with Gasteiger partial charge >= 0.3 is 0 Å². The average molecular weight is 364 g/mol. The summed E-state index contributed by atoms with van der Waals surface area (Å²) in [6, 6.07) is 19.6. The Labute approximate surface area is 159 Å². The van der Waals surface area contributed by atoms with Gasteiger partial charge in [0.2, 0.25) is 5.91 Å². The fourth-order valence-electron chi connectivity index (χ4n) is 3.70. The summed E-state index contributed by atoms with van der Waals surface area (Å²) in [6.07, 6.45) is 0.937. The van der Waals surface area contributed by atoms with E-state index in [1.807, 2.05) is 53.4 Å². The van der Waals surface area contributed by atoms with E-state index in [9.17, 15) is 9.59 Å². The van der Waals surface area contributed by atoms with Crippen LogP contribution >= 0.6 is 0 Å². The van der Waals surface area contributed by atoms with Gasteiger partial charge in [-0.05, 0) is 30.0 Å². The lowest BCUT2D eigenvalue weighted by molar-refractivity contribution is -0.141. The van der Waals surface area contributed by atoms with E-state index in [1.54, 1.807) is 4.90 Å². The summed E-state index contributed by atoms with van der Waals surface area (Å²) in [5, 5.41) is 0. The van der Waals surface area contributed by atoms with Crippen molar-refractivity contribution in [3.63, 3.8) is 0 Å². The molecule has 4 rings (SSSR count). The summed E-state index contributed by atoms with van der Waals surface area (Å²) in [7, 11) is 0. The molecule has 0 aromatic heterocycles. The first-order chi connectivity index (χ1) is 13.2. The van der Waals surface area contributed by atoms with Crippen molar-refractivity contribution >= 4 is 11.8 Å². The number of benzene rings is 2. The lowest BCUT2D eigenvalue weighted by Crippen LogP contribution is -2.52. The maximum absolute atomic E-state index is 12.7. The van der Waals surface area contributed by atoms with E-state index in [2.05, 4.69) is 12.1 Å². The summed E-state index contributed by atoms with van der Waals surface area (Å²) in [5.74, 6) is 1.37. The van der Waals surface area contributed by atoms with Crippen LogP contribution in [-0.2, 0) is 9.59 Å². The molecule has 2 aliphatic rings. The van der Waals surface area contributed by atoms with Gasteiger partial charge in [-0.2, -0.15) is 0 Å². The molecule has 1 aliphatic heterocycles. The summed E-state index contributed by atoms with van der Waals surface area (Å²) < 4.78 is 5.53. The fraction of sp³-hybridized carbons (Fsp3) is 0.364. The number of amides is 2. The van der Waals surface area contributed by atoms with E-state index in [4.69, 9.17) is 4.74 Å². The van der Waals surface area contributed by atoms with Crippen LogP contribution in [0.5, 0.6) is 5.75 Å². The Bertz CT molecular complexity index is 786. The SMILES string of the molecule is O=C(COc1ccccc1)N1CCN(C(=O)C2CC2c2ccccc2)CC1. The average Bonchev–Trinajstić information content (AvgIpc) is 3.54. The van der Waals surface area contributed by atoms with Crippen LogP contribution in [0.4, 0.5) is 0 Å². The highest BCUT2D eigenvalue weighted by Gasteiger charge is 2.46. The summed E-state index contributed by atoms with van der Waals surface area (Å²) in [5.41, 5.74) is 1.25. The summed E-state index contributed by atoms with van der Waals surface area (Å²) >= 11 is 0. The van der Waals surface area contributed by atoms with Crippen LogP contribution in [0.25, 0.3) is 0 Å². The minimum Gasteiger partial charge on any atom is -0.484 e. The van der Waals surface area contributed by atoms with Gasteiger partial charge < -0.3 is 14.5 Å². The summed E-state index contributed by atoms with van der Waals surface area (Å²) in [4.78, 5) is 28.8. The molecule has 1 saturated heterocycles. The third-order valence-electron chi connectivity index (χ3n) is 5.38. The molecule has 5 heteroatoms. The van der Waals surface area contributed by atoms with Crippen LogP contribution in [0.15, 0.2) is 60.7 Å². The summed E-state index contributed by atoms with van der Waals surface area (Å²) in [6.45, 7) is 2.40. The quantitative estimate of drug-likeness (QED) is 0.819. The molecule has 140 valence electrons. The molecular formula is C22H24N2O3. The number of nitrogens with zero attached hydrogens (tertiary/aromatic N) is 2. The molecule has 0 spiro atoms. The predicted octanol–water partition coefficient (Wildman–Crippen LogP) is 2.54. The zero-order chi connectivity index (χ0) is 18.6. The molecule has 0 N–H and O–H groups in total. The van der Waals surface area contributed by atoms with E-state index >= 15 is 0 Å². The van der Waals surface area contributed by atoms with Gasteiger partial charge in [0.1, 0.15) is 5.75 Å². The largest absolute Gasteiger partial charge is 0.484 e. The molecular weight excluding hydrogens is 340 g/mol. The Morgan fingerprint density at radius 3 is 2.11 bits per heavy atom. The number of ether oxygens (including phenoxy) is 1. The molecule has 1 aliphatic carbocycles. The van der Waals surface area contributed by atoms with Crippen molar-refractivity contribution in [2.24, 2.45) is 5.92 Å². The maximum Gasteiger partial charge on any atom is 0.260 e. The van der Waals surface area contributed by atoms with Crippen molar-refractivity contribution < 1.29 is 14.3 Å². The van der Waals surface area contributed by atoms with Crippen molar-refractivity contribution in [3.05, 3.63) is 66.2 Å². The van der Waals surface area contributed by atoms with Gasteiger partial charge in [0.25, 0.3) is 5.91 Å². The first-order valence-electron chi connectivity index (χ1n) is 9.52. The Morgan fingerprint density at radius 2 is 1.44 bits per heavy atom. The monoisotopic (exact) mass is 364 g/mol. The van der Waals surface area contributed by atoms with Gasteiger partial charge in [-0.25, -0.2) is 0 Å². The first-order valence-corrected chi connectivity index (χ1v) is 9.52. The van der Waals surface area contributed by atoms with E-state index in [1.165, 1.54) is 5.56 Å². The number of hydrogen-bond donors (Lipinski definition) is 0. The fourth-order valence-corrected chi connectivity index (χ4v) is 3.70. The van der Waals surface area contributed by atoms with Crippen LogP contribution in [0.1, 0.15) is 17.9 Å². The lowest BCUT2D eigenvalue weighted by Gasteiger charge is -2.35. The second-order valence-electron chi connectivity index (χ2n) is 7.17. The molecule has 2 amide bonds. The number of hydrogen-bond acceptors (Lipinski definition) is 3. The number of carbonyl (C=O) groups excluding carboxylic acids is 2. The van der Waals surface area contributed by atoms with Crippen LogP contribution in [-0.4, -0.2) is 54.4 Å². The van der Waals surface area contributed by atoms with Crippen molar-refractivity contribution in [3.8, 4) is 5.75 Å². The molecule has 2 aromatic rings. The molecule has 27 heavy (non-hydrogen) atoms. The minimum atomic E-state index is -0.0282. The van der Waals surface area contributed by atoms with Crippen LogP contribution in [0, 0.1) is 5.92 Å². The highest BCUT2D eigenvalue weighted by atomic mass is 16.5.